The van der Waals surface area contributed by atoms with Gasteiger partial charge in [0.05, 0.1) is 33.2 Å². The number of hydrogen-bond acceptors (Lipinski definition) is 2. The van der Waals surface area contributed by atoms with Crippen LogP contribution in [0.4, 0.5) is 0 Å². The van der Waals surface area contributed by atoms with Crippen LogP contribution in [0.15, 0.2) is 34.8 Å². The molecule has 1 amide bonds. The van der Waals surface area contributed by atoms with Crippen molar-refractivity contribution in [2.75, 3.05) is 33.2 Å². The van der Waals surface area contributed by atoms with E-state index in [0.29, 0.717) is 5.11 Å². The fraction of sp³-hybridized carbons (Fsp3) is 0.333. The summed E-state index contributed by atoms with van der Waals surface area (Å²) in [6.07, 6.45) is 3.29. The number of hydrogen-bond donors (Lipinski definition) is 2. The first-order chi connectivity index (χ1) is 10.0. The van der Waals surface area contributed by atoms with E-state index in [1.807, 2.05) is 29.2 Å². The summed E-state index contributed by atoms with van der Waals surface area (Å²) in [5.74, 6) is -0.186. The summed E-state index contributed by atoms with van der Waals surface area (Å²) in [7, 11) is 2.17. The monoisotopic (exact) mass is 368 g/mol. The summed E-state index contributed by atoms with van der Waals surface area (Å²) in [5.41, 5.74) is 0.975. The fourth-order valence-corrected chi connectivity index (χ4v) is 2.61. The van der Waals surface area contributed by atoms with Crippen LogP contribution in [0.25, 0.3) is 6.08 Å². The third-order valence-electron chi connectivity index (χ3n) is 3.43. The minimum atomic E-state index is -0.186. The lowest BCUT2D eigenvalue weighted by Gasteiger charge is -2.31. The van der Waals surface area contributed by atoms with E-state index < -0.39 is 0 Å². The smallest absolute Gasteiger partial charge is 0.250 e. The molecule has 1 aliphatic heterocycles. The average Bonchev–Trinajstić information content (AvgIpc) is 2.47. The van der Waals surface area contributed by atoms with E-state index in [1.165, 1.54) is 11.0 Å². The lowest BCUT2D eigenvalue weighted by Crippen LogP contribution is -3.12. The lowest BCUT2D eigenvalue weighted by molar-refractivity contribution is -0.883. The summed E-state index contributed by atoms with van der Waals surface area (Å²) < 4.78 is 1.02. The van der Waals surface area contributed by atoms with E-state index in [9.17, 15) is 4.79 Å². The van der Waals surface area contributed by atoms with Gasteiger partial charge in [0.25, 0.3) is 0 Å². The molecule has 0 radical (unpaired) electrons. The Morgan fingerprint density at radius 1 is 1.33 bits per heavy atom. The van der Waals surface area contributed by atoms with Gasteiger partial charge in [0.2, 0.25) is 5.91 Å². The highest BCUT2D eigenvalue weighted by atomic mass is 79.9. The van der Waals surface area contributed by atoms with Crippen molar-refractivity contribution >= 4 is 45.2 Å². The molecule has 0 unspecified atom stereocenters. The van der Waals surface area contributed by atoms with Crippen LogP contribution >= 0.6 is 28.1 Å². The van der Waals surface area contributed by atoms with Crippen molar-refractivity contribution in [3.8, 4) is 0 Å². The van der Waals surface area contributed by atoms with Crippen molar-refractivity contribution in [3.05, 3.63) is 40.4 Å². The van der Waals surface area contributed by atoms with Crippen molar-refractivity contribution in [1.82, 2.24) is 10.2 Å². The van der Waals surface area contributed by atoms with Crippen molar-refractivity contribution in [2.24, 2.45) is 0 Å². The zero-order chi connectivity index (χ0) is 15.2. The maximum Gasteiger partial charge on any atom is 0.250 e. The molecule has 0 aromatic heterocycles. The van der Waals surface area contributed by atoms with Gasteiger partial charge in [0.15, 0.2) is 5.11 Å². The molecule has 0 bridgehead atoms. The number of nitrogens with zero attached hydrogens (tertiary/aromatic N) is 1. The largest absolute Gasteiger partial charge is 0.338 e. The molecule has 0 atom stereocenters. The Balaban J connectivity index is 1.83. The number of thiocarbonyl (C=S) groups is 1. The normalized spacial score (nSPS) is 16.2. The molecule has 112 valence electrons. The van der Waals surface area contributed by atoms with Crippen LogP contribution in [0, 0.1) is 0 Å². The van der Waals surface area contributed by atoms with Crippen LogP contribution in [0.5, 0.6) is 0 Å². The van der Waals surface area contributed by atoms with Gasteiger partial charge in [-0.1, -0.05) is 28.1 Å². The van der Waals surface area contributed by atoms with Gasteiger partial charge in [-0.05, 0) is 36.0 Å². The second-order valence-electron chi connectivity index (χ2n) is 5.12. The number of carbonyl (C=O) groups excluding carboxylic acids is 1. The fourth-order valence-electron chi connectivity index (χ4n) is 2.06. The molecule has 1 aromatic rings. The summed E-state index contributed by atoms with van der Waals surface area (Å²) in [5, 5.41) is 3.28. The summed E-state index contributed by atoms with van der Waals surface area (Å²) in [6, 6.07) is 7.76. The van der Waals surface area contributed by atoms with Crippen molar-refractivity contribution in [2.45, 2.75) is 0 Å². The number of nitrogens with one attached hydrogen (secondary N) is 2. The third kappa shape index (κ3) is 5.22. The molecule has 1 aromatic carbocycles. The van der Waals surface area contributed by atoms with Crippen LogP contribution in [0.3, 0.4) is 0 Å². The number of piperazine rings is 1. The topological polar surface area (TPSA) is 36.8 Å². The molecule has 1 fully saturated rings. The molecule has 1 saturated heterocycles. The highest BCUT2D eigenvalue weighted by Gasteiger charge is 2.19. The van der Waals surface area contributed by atoms with Gasteiger partial charge in [0, 0.05) is 10.5 Å². The Labute approximate surface area is 138 Å². The van der Waals surface area contributed by atoms with Gasteiger partial charge >= 0.3 is 0 Å². The third-order valence-corrected chi connectivity index (χ3v) is 4.32. The Kier molecular flexibility index (Phi) is 5.90. The van der Waals surface area contributed by atoms with Crippen LogP contribution in [-0.2, 0) is 4.79 Å². The van der Waals surface area contributed by atoms with E-state index in [4.69, 9.17) is 12.2 Å². The van der Waals surface area contributed by atoms with E-state index >= 15 is 0 Å². The molecule has 1 heterocycles. The lowest BCUT2D eigenvalue weighted by atomic mass is 10.2. The second-order valence-corrected chi connectivity index (χ2v) is 6.43. The Morgan fingerprint density at radius 3 is 2.57 bits per heavy atom. The van der Waals surface area contributed by atoms with E-state index in [0.717, 1.165) is 36.2 Å². The van der Waals surface area contributed by atoms with Gasteiger partial charge < -0.3 is 9.80 Å². The van der Waals surface area contributed by atoms with Crippen molar-refractivity contribution < 1.29 is 9.69 Å². The Bertz CT molecular complexity index is 536. The highest BCUT2D eigenvalue weighted by molar-refractivity contribution is 9.10. The van der Waals surface area contributed by atoms with Gasteiger partial charge in [-0.25, -0.2) is 0 Å². The minimum absolute atomic E-state index is 0.186. The summed E-state index contributed by atoms with van der Waals surface area (Å²) in [6.45, 7) is 3.87. The molecule has 0 spiro atoms. The molecule has 2 rings (SSSR count). The zero-order valence-electron chi connectivity index (χ0n) is 11.9. The van der Waals surface area contributed by atoms with Crippen LogP contribution in [0.1, 0.15) is 5.56 Å². The number of amides is 1. The SMILES string of the molecule is C[NH+]1CCN(C(=S)NC(=O)/C=C/c2ccc(Br)cc2)CC1. The van der Waals surface area contributed by atoms with Gasteiger partial charge in [0.1, 0.15) is 0 Å². The molecule has 0 aliphatic carbocycles. The van der Waals surface area contributed by atoms with E-state index in [2.05, 4.69) is 28.3 Å². The predicted octanol–water partition coefficient (Wildman–Crippen LogP) is 0.694. The predicted molar refractivity (Wildman–Crippen MR) is 92.1 cm³/mol. The van der Waals surface area contributed by atoms with Gasteiger partial charge in [-0.3, -0.25) is 10.1 Å². The van der Waals surface area contributed by atoms with Crippen LogP contribution in [0.2, 0.25) is 0 Å². The maximum atomic E-state index is 11.9. The van der Waals surface area contributed by atoms with Crippen LogP contribution in [-0.4, -0.2) is 49.1 Å². The first-order valence-corrected chi connectivity index (χ1v) is 8.09. The summed E-state index contributed by atoms with van der Waals surface area (Å²) >= 11 is 8.66. The number of carbonyl (C=O) groups is 1. The molecular weight excluding hydrogens is 350 g/mol. The average molecular weight is 369 g/mol. The number of quaternary nitrogens is 1. The van der Waals surface area contributed by atoms with Crippen molar-refractivity contribution in [3.63, 3.8) is 0 Å². The molecule has 1 aliphatic rings. The van der Waals surface area contributed by atoms with E-state index in [-0.39, 0.29) is 5.91 Å². The highest BCUT2D eigenvalue weighted by Crippen LogP contribution is 2.11. The van der Waals surface area contributed by atoms with Crippen molar-refractivity contribution in [1.29, 1.82) is 0 Å². The van der Waals surface area contributed by atoms with Gasteiger partial charge in [-0.15, -0.1) is 0 Å². The molecule has 21 heavy (non-hydrogen) atoms. The zero-order valence-corrected chi connectivity index (χ0v) is 14.3. The molecular formula is C15H19BrN3OS+. The second kappa shape index (κ2) is 7.68. The molecule has 2 N–H and O–H groups in total. The quantitative estimate of drug-likeness (QED) is 0.595. The number of halogens is 1. The van der Waals surface area contributed by atoms with Gasteiger partial charge in [-0.2, -0.15) is 0 Å². The standard InChI is InChI=1S/C15H18BrN3OS/c1-18-8-10-19(11-9-18)15(21)17-14(20)7-4-12-2-5-13(16)6-3-12/h2-7H,8-11H2,1H3,(H,17,20,21)/p+1/b7-4+. The Hall–Kier alpha value is -1.24. The minimum Gasteiger partial charge on any atom is -0.338 e. The Morgan fingerprint density at radius 2 is 1.95 bits per heavy atom. The number of rotatable bonds is 2. The first-order valence-electron chi connectivity index (χ1n) is 6.89. The van der Waals surface area contributed by atoms with Crippen LogP contribution < -0.4 is 10.2 Å². The molecule has 0 saturated carbocycles. The maximum absolute atomic E-state index is 11.9. The molecule has 6 heteroatoms. The number of likely N-dealkylation sites (N-methyl/N-ethyl adjacent to an activating group) is 1. The first kappa shape index (κ1) is 16.1. The van der Waals surface area contributed by atoms with E-state index in [1.54, 1.807) is 6.08 Å². The summed E-state index contributed by atoms with van der Waals surface area (Å²) in [4.78, 5) is 15.4. The number of benzene rings is 1. The molecule has 4 nitrogen and oxygen atoms in total.